The van der Waals surface area contributed by atoms with E-state index in [1.165, 1.54) is 11.3 Å². The van der Waals surface area contributed by atoms with E-state index in [1.807, 2.05) is 6.92 Å². The Labute approximate surface area is 171 Å². The third kappa shape index (κ3) is 3.61. The van der Waals surface area contributed by atoms with Crippen LogP contribution in [0.4, 0.5) is 10.3 Å². The van der Waals surface area contributed by atoms with Crippen LogP contribution in [0.15, 0.2) is 6.20 Å². The summed E-state index contributed by atoms with van der Waals surface area (Å²) in [7, 11) is 1.78. The van der Waals surface area contributed by atoms with E-state index in [0.29, 0.717) is 23.6 Å². The van der Waals surface area contributed by atoms with Gasteiger partial charge in [0.25, 0.3) is 0 Å². The molecule has 3 aromatic heterocycles. The fraction of sp³-hybridized carbons (Fsp3) is 0.526. The smallest absolute Gasteiger partial charge is 0.223 e. The average Bonchev–Trinajstić information content (AvgIpc) is 3.13. The third-order valence-electron chi connectivity index (χ3n) is 5.08. The van der Waals surface area contributed by atoms with Crippen LogP contribution in [0.3, 0.4) is 0 Å². The molecule has 0 radical (unpaired) electrons. The molecule has 1 fully saturated rings. The van der Waals surface area contributed by atoms with Crippen LogP contribution < -0.4 is 5.32 Å². The Balaban J connectivity index is 1.75. The highest BCUT2D eigenvalue weighted by molar-refractivity contribution is 7.22. The summed E-state index contributed by atoms with van der Waals surface area (Å²) < 4.78 is 22.3. The molecule has 0 unspecified atom stereocenters. The Kier molecular flexibility index (Phi) is 5.06. The van der Waals surface area contributed by atoms with Crippen molar-refractivity contribution in [2.24, 2.45) is 7.05 Å². The predicted octanol–water partition coefficient (Wildman–Crippen LogP) is 2.33. The second-order valence-corrected chi connectivity index (χ2v) is 8.86. The highest BCUT2D eigenvalue weighted by Crippen LogP contribution is 2.42. The Morgan fingerprint density at radius 1 is 1.41 bits per heavy atom. The van der Waals surface area contributed by atoms with Gasteiger partial charge >= 0.3 is 0 Å². The van der Waals surface area contributed by atoms with Crippen LogP contribution in [0.1, 0.15) is 31.5 Å². The minimum Gasteiger partial charge on any atom is -0.389 e. The first-order valence-electron chi connectivity index (χ1n) is 9.41. The second-order valence-electron chi connectivity index (χ2n) is 7.84. The number of rotatable bonds is 4. The zero-order chi connectivity index (χ0) is 20.9. The van der Waals surface area contributed by atoms with Crippen molar-refractivity contribution in [2.75, 3.05) is 18.5 Å². The molecule has 0 spiro atoms. The first-order valence-corrected chi connectivity index (χ1v) is 10.2. The molecule has 1 aliphatic heterocycles. The fourth-order valence-electron chi connectivity index (χ4n) is 3.69. The number of aromatic nitrogens is 4. The van der Waals surface area contributed by atoms with Crippen molar-refractivity contribution >= 4 is 27.5 Å². The van der Waals surface area contributed by atoms with Crippen molar-refractivity contribution in [1.29, 1.82) is 0 Å². The van der Waals surface area contributed by atoms with Crippen LogP contribution in [0.25, 0.3) is 20.8 Å². The van der Waals surface area contributed by atoms with E-state index in [4.69, 9.17) is 4.74 Å². The van der Waals surface area contributed by atoms with Gasteiger partial charge in [0.15, 0.2) is 5.82 Å². The van der Waals surface area contributed by atoms with Crippen LogP contribution in [-0.2, 0) is 17.4 Å². The molecule has 156 valence electrons. The summed E-state index contributed by atoms with van der Waals surface area (Å²) in [6.45, 7) is 6.04. The molecule has 0 saturated carbocycles. The van der Waals surface area contributed by atoms with Gasteiger partial charge in [-0.3, -0.25) is 4.68 Å². The van der Waals surface area contributed by atoms with E-state index in [1.54, 1.807) is 25.6 Å². The first kappa shape index (κ1) is 20.1. The average molecular weight is 421 g/mol. The molecular weight excluding hydrogens is 397 g/mol. The number of hydrogen-bond donors (Lipinski definition) is 3. The van der Waals surface area contributed by atoms with Gasteiger partial charge in [0.2, 0.25) is 5.95 Å². The normalized spacial score (nSPS) is 20.4. The van der Waals surface area contributed by atoms with E-state index in [-0.39, 0.29) is 24.3 Å². The van der Waals surface area contributed by atoms with Crippen molar-refractivity contribution in [3.05, 3.63) is 23.3 Å². The number of aliphatic hydroxyl groups excluding tert-OH is 1. The standard InChI is InChI=1S/C19H24FN5O3S/c1-9-13-16(17(19(2,3)27)25(4)24-13)29-15(9)14-10(20)7-21-18(23-14)22-11-5-6-28-8-12(11)26/h7,11-12,26-27H,5-6,8H2,1-4H3,(H,21,22,23)/t11-,12-/m1/s1. The minimum atomic E-state index is -1.09. The molecule has 8 nitrogen and oxygen atoms in total. The minimum absolute atomic E-state index is 0.175. The summed E-state index contributed by atoms with van der Waals surface area (Å²) in [4.78, 5) is 9.06. The second kappa shape index (κ2) is 7.28. The van der Waals surface area contributed by atoms with E-state index in [9.17, 15) is 14.6 Å². The quantitative estimate of drug-likeness (QED) is 0.594. The van der Waals surface area contributed by atoms with Gasteiger partial charge in [0.05, 0.1) is 40.2 Å². The molecule has 3 aromatic rings. The molecular formula is C19H24FN5O3S. The van der Waals surface area contributed by atoms with Gasteiger partial charge in [-0.05, 0) is 32.8 Å². The van der Waals surface area contributed by atoms with Crippen LogP contribution in [0, 0.1) is 12.7 Å². The SMILES string of the molecule is Cc1c(-c2nc(N[C@@H]3CCOC[C@H]3O)ncc2F)sc2c(C(C)(C)O)n(C)nc12. The third-order valence-corrected chi connectivity index (χ3v) is 6.38. The Bertz CT molecular complexity index is 1060. The van der Waals surface area contributed by atoms with Crippen LogP contribution >= 0.6 is 11.3 Å². The molecule has 2 atom stereocenters. The van der Waals surface area contributed by atoms with Crippen LogP contribution in [-0.4, -0.2) is 55.3 Å². The molecule has 29 heavy (non-hydrogen) atoms. The topological polar surface area (TPSA) is 105 Å². The number of fused-ring (bicyclic) bond motifs is 1. The molecule has 4 heterocycles. The van der Waals surface area contributed by atoms with Gasteiger partial charge in [0.1, 0.15) is 16.8 Å². The number of anilines is 1. The lowest BCUT2D eigenvalue weighted by Gasteiger charge is -2.28. The van der Waals surface area contributed by atoms with Crippen molar-refractivity contribution in [3.63, 3.8) is 0 Å². The molecule has 0 bridgehead atoms. The van der Waals surface area contributed by atoms with Gasteiger partial charge in [-0.25, -0.2) is 14.4 Å². The first-order chi connectivity index (χ1) is 13.7. The van der Waals surface area contributed by atoms with Gasteiger partial charge in [-0.2, -0.15) is 5.10 Å². The number of nitrogens with zero attached hydrogens (tertiary/aromatic N) is 4. The monoisotopic (exact) mass is 421 g/mol. The summed E-state index contributed by atoms with van der Waals surface area (Å²) in [5.41, 5.74) is 1.27. The molecule has 0 aliphatic carbocycles. The lowest BCUT2D eigenvalue weighted by molar-refractivity contribution is -0.0136. The number of aliphatic hydroxyl groups is 2. The van der Waals surface area contributed by atoms with Crippen LogP contribution in [0.2, 0.25) is 0 Å². The van der Waals surface area contributed by atoms with E-state index >= 15 is 0 Å². The molecule has 3 N–H and O–H groups in total. The van der Waals surface area contributed by atoms with Gasteiger partial charge in [-0.1, -0.05) is 0 Å². The van der Waals surface area contributed by atoms with Gasteiger partial charge in [0, 0.05) is 13.7 Å². The molecule has 1 saturated heterocycles. The summed E-state index contributed by atoms with van der Waals surface area (Å²) in [5.74, 6) is -0.287. The molecule has 10 heteroatoms. The van der Waals surface area contributed by atoms with Gasteiger partial charge < -0.3 is 20.3 Å². The van der Waals surface area contributed by atoms with Crippen molar-refractivity contribution < 1.29 is 19.3 Å². The number of halogens is 1. The fourth-order valence-corrected chi connectivity index (χ4v) is 5.15. The van der Waals surface area contributed by atoms with Crippen molar-refractivity contribution in [1.82, 2.24) is 19.7 Å². The zero-order valence-electron chi connectivity index (χ0n) is 16.7. The molecule has 0 aromatic carbocycles. The number of nitrogens with one attached hydrogen (secondary N) is 1. The maximum Gasteiger partial charge on any atom is 0.223 e. The van der Waals surface area contributed by atoms with Crippen LogP contribution in [0.5, 0.6) is 0 Å². The van der Waals surface area contributed by atoms with E-state index in [2.05, 4.69) is 20.4 Å². The van der Waals surface area contributed by atoms with Crippen molar-refractivity contribution in [2.45, 2.75) is 44.9 Å². The Morgan fingerprint density at radius 2 is 2.17 bits per heavy atom. The highest BCUT2D eigenvalue weighted by Gasteiger charge is 2.29. The number of thiophene rings is 1. The highest BCUT2D eigenvalue weighted by atomic mass is 32.1. The lowest BCUT2D eigenvalue weighted by Crippen LogP contribution is -2.42. The molecule has 0 amide bonds. The summed E-state index contributed by atoms with van der Waals surface area (Å²) in [6.07, 6.45) is 1.06. The summed E-state index contributed by atoms with van der Waals surface area (Å²) in [6, 6.07) is -0.254. The van der Waals surface area contributed by atoms with E-state index < -0.39 is 17.5 Å². The summed E-state index contributed by atoms with van der Waals surface area (Å²) >= 11 is 1.35. The zero-order valence-corrected chi connectivity index (χ0v) is 17.5. The van der Waals surface area contributed by atoms with Crippen molar-refractivity contribution in [3.8, 4) is 10.6 Å². The number of aryl methyl sites for hydroxylation is 2. The largest absolute Gasteiger partial charge is 0.389 e. The molecule has 4 rings (SSSR count). The summed E-state index contributed by atoms with van der Waals surface area (Å²) in [5, 5.41) is 28.2. The maximum absolute atomic E-state index is 14.6. The number of hydrogen-bond acceptors (Lipinski definition) is 8. The molecule has 1 aliphatic rings. The Morgan fingerprint density at radius 3 is 2.86 bits per heavy atom. The predicted molar refractivity (Wildman–Crippen MR) is 108 cm³/mol. The number of ether oxygens (including phenoxy) is 1. The maximum atomic E-state index is 14.6. The van der Waals surface area contributed by atoms with E-state index in [0.717, 1.165) is 22.0 Å². The Hall–Kier alpha value is -2.14. The lowest BCUT2D eigenvalue weighted by atomic mass is 10.0. The van der Waals surface area contributed by atoms with Gasteiger partial charge in [-0.15, -0.1) is 11.3 Å².